The van der Waals surface area contributed by atoms with Crippen molar-refractivity contribution in [2.24, 2.45) is 5.73 Å². The maximum absolute atomic E-state index is 12.8. The highest BCUT2D eigenvalue weighted by atomic mass is 16.2. The number of nitrogens with zero attached hydrogens (tertiary/aromatic N) is 2. The third-order valence-corrected chi connectivity index (χ3v) is 3.27. The van der Waals surface area contributed by atoms with E-state index in [1.807, 2.05) is 44.2 Å². The molecule has 1 amide bonds. The Bertz CT molecular complexity index is 625. The number of carbonyl (C=O) groups is 1. The van der Waals surface area contributed by atoms with Crippen LogP contribution < -0.4 is 10.6 Å². The smallest absolute Gasteiger partial charge is 0.259 e. The van der Waals surface area contributed by atoms with Crippen molar-refractivity contribution in [2.45, 2.75) is 20.3 Å². The van der Waals surface area contributed by atoms with Crippen LogP contribution in [0.4, 0.5) is 5.69 Å². The summed E-state index contributed by atoms with van der Waals surface area (Å²) in [6.07, 6.45) is 4.12. The van der Waals surface area contributed by atoms with Gasteiger partial charge in [0, 0.05) is 24.6 Å². The van der Waals surface area contributed by atoms with Crippen LogP contribution in [0.1, 0.15) is 27.9 Å². The lowest BCUT2D eigenvalue weighted by molar-refractivity contribution is 0.0986. The zero-order chi connectivity index (χ0) is 15.2. The van der Waals surface area contributed by atoms with Crippen molar-refractivity contribution >= 4 is 11.6 Å². The molecule has 2 aromatic rings. The van der Waals surface area contributed by atoms with Crippen LogP contribution in [0.25, 0.3) is 0 Å². The van der Waals surface area contributed by atoms with Crippen LogP contribution in [0, 0.1) is 13.8 Å². The Morgan fingerprint density at radius 3 is 2.67 bits per heavy atom. The van der Waals surface area contributed by atoms with Crippen molar-refractivity contribution in [1.29, 1.82) is 0 Å². The summed E-state index contributed by atoms with van der Waals surface area (Å²) in [6.45, 7) is 5.11. The Kier molecular flexibility index (Phi) is 5.06. The Morgan fingerprint density at radius 1 is 1.19 bits per heavy atom. The van der Waals surface area contributed by atoms with Gasteiger partial charge in [0.2, 0.25) is 0 Å². The van der Waals surface area contributed by atoms with Crippen molar-refractivity contribution in [3.63, 3.8) is 0 Å². The minimum absolute atomic E-state index is 0.0368. The third-order valence-electron chi connectivity index (χ3n) is 3.27. The number of rotatable bonds is 5. The van der Waals surface area contributed by atoms with Gasteiger partial charge in [-0.25, -0.2) is 0 Å². The van der Waals surface area contributed by atoms with E-state index in [9.17, 15) is 4.79 Å². The van der Waals surface area contributed by atoms with Crippen molar-refractivity contribution in [3.8, 4) is 0 Å². The predicted molar refractivity (Wildman–Crippen MR) is 85.5 cm³/mol. The van der Waals surface area contributed by atoms with Gasteiger partial charge in [-0.1, -0.05) is 12.1 Å². The second kappa shape index (κ2) is 6.99. The van der Waals surface area contributed by atoms with Crippen molar-refractivity contribution < 1.29 is 4.79 Å². The highest BCUT2D eigenvalue weighted by Crippen LogP contribution is 2.19. The van der Waals surface area contributed by atoms with Gasteiger partial charge in [-0.05, 0) is 56.1 Å². The number of benzene rings is 1. The molecular formula is C17H21N3O. The molecule has 1 heterocycles. The predicted octanol–water partition coefficient (Wildman–Crippen LogP) is 2.69. The fourth-order valence-corrected chi connectivity index (χ4v) is 2.22. The minimum Gasteiger partial charge on any atom is -0.330 e. The molecule has 0 unspecified atom stereocenters. The Morgan fingerprint density at radius 2 is 2.00 bits per heavy atom. The van der Waals surface area contributed by atoms with E-state index in [2.05, 4.69) is 4.98 Å². The summed E-state index contributed by atoms with van der Waals surface area (Å²) in [5.74, 6) is -0.0368. The standard InChI is InChI=1S/C17H21N3O/c1-13-5-3-6-16(10-13)20(8-4-7-18)17(21)15-9-14(2)11-19-12-15/h3,5-6,9-12H,4,7-8,18H2,1-2H3. The van der Waals surface area contributed by atoms with E-state index in [0.29, 0.717) is 18.7 Å². The molecule has 0 spiro atoms. The summed E-state index contributed by atoms with van der Waals surface area (Å²) in [5, 5.41) is 0. The number of amides is 1. The lowest BCUT2D eigenvalue weighted by Crippen LogP contribution is -2.33. The summed E-state index contributed by atoms with van der Waals surface area (Å²) in [6, 6.07) is 9.80. The molecule has 0 radical (unpaired) electrons. The summed E-state index contributed by atoms with van der Waals surface area (Å²) in [5.41, 5.74) is 9.20. The first kappa shape index (κ1) is 15.2. The molecule has 0 bridgehead atoms. The van der Waals surface area contributed by atoms with Crippen molar-refractivity contribution in [2.75, 3.05) is 18.0 Å². The summed E-state index contributed by atoms with van der Waals surface area (Å²) in [7, 11) is 0. The SMILES string of the molecule is Cc1cncc(C(=O)N(CCCN)c2cccc(C)c2)c1. The maximum Gasteiger partial charge on any atom is 0.259 e. The molecule has 0 aliphatic heterocycles. The molecule has 1 aromatic heterocycles. The fourth-order valence-electron chi connectivity index (χ4n) is 2.22. The Balaban J connectivity index is 2.33. The number of pyridine rings is 1. The number of hydrogen-bond acceptors (Lipinski definition) is 3. The summed E-state index contributed by atoms with van der Waals surface area (Å²) < 4.78 is 0. The molecule has 110 valence electrons. The lowest BCUT2D eigenvalue weighted by atomic mass is 10.1. The molecule has 21 heavy (non-hydrogen) atoms. The van der Waals surface area contributed by atoms with Crippen LogP contribution in [0.3, 0.4) is 0 Å². The fraction of sp³-hybridized carbons (Fsp3) is 0.294. The molecule has 0 fully saturated rings. The van der Waals surface area contributed by atoms with Crippen LogP contribution in [-0.2, 0) is 0 Å². The quantitative estimate of drug-likeness (QED) is 0.917. The number of aromatic nitrogens is 1. The van der Waals surface area contributed by atoms with E-state index in [-0.39, 0.29) is 5.91 Å². The highest BCUT2D eigenvalue weighted by molar-refractivity contribution is 6.06. The van der Waals surface area contributed by atoms with Gasteiger partial charge < -0.3 is 10.6 Å². The van der Waals surface area contributed by atoms with Crippen LogP contribution in [0.5, 0.6) is 0 Å². The minimum atomic E-state index is -0.0368. The van der Waals surface area contributed by atoms with Gasteiger partial charge in [0.05, 0.1) is 5.56 Å². The lowest BCUT2D eigenvalue weighted by Gasteiger charge is -2.23. The van der Waals surface area contributed by atoms with Gasteiger partial charge in [0.15, 0.2) is 0 Å². The van der Waals surface area contributed by atoms with E-state index in [0.717, 1.165) is 23.2 Å². The molecule has 2 rings (SSSR count). The number of anilines is 1. The normalized spacial score (nSPS) is 10.4. The second-order valence-corrected chi connectivity index (χ2v) is 5.19. The molecule has 1 aromatic carbocycles. The topological polar surface area (TPSA) is 59.2 Å². The van der Waals surface area contributed by atoms with Gasteiger partial charge in [0.1, 0.15) is 0 Å². The van der Waals surface area contributed by atoms with E-state index in [1.165, 1.54) is 0 Å². The highest BCUT2D eigenvalue weighted by Gasteiger charge is 2.17. The number of aryl methyl sites for hydroxylation is 2. The largest absolute Gasteiger partial charge is 0.330 e. The Hall–Kier alpha value is -2.20. The van der Waals surface area contributed by atoms with Gasteiger partial charge in [-0.2, -0.15) is 0 Å². The van der Waals surface area contributed by atoms with E-state index in [4.69, 9.17) is 5.73 Å². The molecule has 0 aliphatic carbocycles. The molecule has 0 atom stereocenters. The summed E-state index contributed by atoms with van der Waals surface area (Å²) in [4.78, 5) is 18.6. The van der Waals surface area contributed by atoms with Crippen molar-refractivity contribution in [1.82, 2.24) is 4.98 Å². The number of nitrogens with two attached hydrogens (primary N) is 1. The van der Waals surface area contributed by atoms with Crippen LogP contribution >= 0.6 is 0 Å². The second-order valence-electron chi connectivity index (χ2n) is 5.19. The molecule has 4 heteroatoms. The first-order chi connectivity index (χ1) is 10.1. The molecule has 0 saturated heterocycles. The van der Waals surface area contributed by atoms with Crippen molar-refractivity contribution in [3.05, 3.63) is 59.4 Å². The molecule has 4 nitrogen and oxygen atoms in total. The van der Waals surface area contributed by atoms with E-state index >= 15 is 0 Å². The average molecular weight is 283 g/mol. The first-order valence-corrected chi connectivity index (χ1v) is 7.12. The number of carbonyl (C=O) groups excluding carboxylic acids is 1. The maximum atomic E-state index is 12.8. The van der Waals surface area contributed by atoms with Crippen LogP contribution in [0.15, 0.2) is 42.7 Å². The van der Waals surface area contributed by atoms with Gasteiger partial charge in [-0.15, -0.1) is 0 Å². The van der Waals surface area contributed by atoms with E-state index in [1.54, 1.807) is 17.3 Å². The average Bonchev–Trinajstić information content (AvgIpc) is 2.47. The zero-order valence-electron chi connectivity index (χ0n) is 12.5. The molecule has 2 N–H and O–H groups in total. The Labute approximate surface area is 125 Å². The number of hydrogen-bond donors (Lipinski definition) is 1. The van der Waals surface area contributed by atoms with Crippen LogP contribution in [-0.4, -0.2) is 24.0 Å². The molecule has 0 aliphatic rings. The molecule has 0 saturated carbocycles. The van der Waals surface area contributed by atoms with E-state index < -0.39 is 0 Å². The monoisotopic (exact) mass is 283 g/mol. The zero-order valence-corrected chi connectivity index (χ0v) is 12.5. The molecular weight excluding hydrogens is 262 g/mol. The first-order valence-electron chi connectivity index (χ1n) is 7.12. The van der Waals surface area contributed by atoms with Crippen LogP contribution in [0.2, 0.25) is 0 Å². The van der Waals surface area contributed by atoms with Gasteiger partial charge in [0.25, 0.3) is 5.91 Å². The third kappa shape index (κ3) is 3.89. The van der Waals surface area contributed by atoms with Gasteiger partial charge in [-0.3, -0.25) is 9.78 Å². The summed E-state index contributed by atoms with van der Waals surface area (Å²) >= 11 is 0. The van der Waals surface area contributed by atoms with Gasteiger partial charge >= 0.3 is 0 Å².